The lowest BCUT2D eigenvalue weighted by Gasteiger charge is -2.16. The number of rotatable bonds is 1. The summed E-state index contributed by atoms with van der Waals surface area (Å²) in [5.74, 6) is -1.18. The van der Waals surface area contributed by atoms with E-state index in [1.807, 2.05) is 0 Å². The minimum atomic E-state index is -4.64. The molecule has 22 heavy (non-hydrogen) atoms. The molecule has 0 saturated carbocycles. The number of carbonyl (C=O) groups excluding carboxylic acids is 1. The quantitative estimate of drug-likeness (QED) is 0.687. The van der Waals surface area contributed by atoms with Crippen LogP contribution in [0, 0.1) is 5.82 Å². The molecule has 0 N–H and O–H groups in total. The molecule has 116 valence electrons. The number of benzene rings is 1. The fourth-order valence-corrected chi connectivity index (χ4v) is 2.99. The molecule has 0 saturated heterocycles. The number of ketones is 1. The van der Waals surface area contributed by atoms with Gasteiger partial charge in [0.1, 0.15) is 5.82 Å². The Labute approximate surface area is 128 Å². The lowest BCUT2D eigenvalue weighted by Crippen LogP contribution is -2.16. The Morgan fingerprint density at radius 1 is 1.14 bits per heavy atom. The maximum Gasteiger partial charge on any atom is 0.418 e. The second-order valence-electron chi connectivity index (χ2n) is 5.14. The normalized spacial score (nSPS) is 15.0. The molecule has 1 aromatic heterocycles. The van der Waals surface area contributed by atoms with Crippen LogP contribution in [0.25, 0.3) is 5.69 Å². The molecule has 0 amide bonds. The summed E-state index contributed by atoms with van der Waals surface area (Å²) in [5, 5.41) is 0.0770. The largest absolute Gasteiger partial charge is 0.418 e. The summed E-state index contributed by atoms with van der Waals surface area (Å²) in [6.07, 6.45) is -2.91. The van der Waals surface area contributed by atoms with Crippen LogP contribution in [0.3, 0.4) is 0 Å². The van der Waals surface area contributed by atoms with E-state index >= 15 is 0 Å². The molecular formula is C15H10ClF4NO. The highest BCUT2D eigenvalue weighted by atomic mass is 35.5. The average molecular weight is 332 g/mol. The van der Waals surface area contributed by atoms with E-state index < -0.39 is 23.3 Å². The molecule has 0 spiro atoms. The lowest BCUT2D eigenvalue weighted by molar-refractivity contribution is -0.137. The maximum atomic E-state index is 13.5. The van der Waals surface area contributed by atoms with Gasteiger partial charge in [0.2, 0.25) is 0 Å². The molecule has 0 aliphatic heterocycles. The maximum absolute atomic E-state index is 13.5. The number of halogens is 5. The van der Waals surface area contributed by atoms with E-state index in [1.165, 1.54) is 10.6 Å². The fraction of sp³-hybridized carbons (Fsp3) is 0.267. The number of hydrogen-bond donors (Lipinski definition) is 0. The number of nitrogens with zero attached hydrogens (tertiary/aromatic N) is 1. The van der Waals surface area contributed by atoms with Gasteiger partial charge in [-0.3, -0.25) is 4.79 Å². The highest BCUT2D eigenvalue weighted by Crippen LogP contribution is 2.39. The summed E-state index contributed by atoms with van der Waals surface area (Å²) < 4.78 is 54.2. The van der Waals surface area contributed by atoms with Gasteiger partial charge < -0.3 is 4.57 Å². The first-order valence-electron chi connectivity index (χ1n) is 6.58. The summed E-state index contributed by atoms with van der Waals surface area (Å²) in [6.45, 7) is 0. The standard InChI is InChI=1S/C15H10ClF4NO/c16-8-4-9(17)6-10(5-8)21-7-11(15(18,19)20)14-12(21)2-1-3-13(14)22/h4-7H,1-3H2. The van der Waals surface area contributed by atoms with Gasteiger partial charge in [-0.2, -0.15) is 13.2 Å². The SMILES string of the molecule is O=C1CCCc2c1c(C(F)(F)F)cn2-c1cc(F)cc(Cl)c1. The molecular weight excluding hydrogens is 322 g/mol. The first-order valence-corrected chi connectivity index (χ1v) is 6.96. The third-order valence-corrected chi connectivity index (χ3v) is 3.85. The molecule has 0 atom stereocenters. The minimum absolute atomic E-state index is 0.0770. The van der Waals surface area contributed by atoms with Gasteiger partial charge in [-0.15, -0.1) is 0 Å². The van der Waals surface area contributed by atoms with Crippen molar-refractivity contribution in [2.24, 2.45) is 0 Å². The average Bonchev–Trinajstić information content (AvgIpc) is 2.78. The van der Waals surface area contributed by atoms with E-state index in [9.17, 15) is 22.4 Å². The zero-order valence-corrected chi connectivity index (χ0v) is 11.9. The molecule has 0 radical (unpaired) electrons. The van der Waals surface area contributed by atoms with E-state index in [-0.39, 0.29) is 28.4 Å². The van der Waals surface area contributed by atoms with Crippen LogP contribution in [-0.2, 0) is 12.6 Å². The van der Waals surface area contributed by atoms with Crippen LogP contribution in [-0.4, -0.2) is 10.4 Å². The Hall–Kier alpha value is -1.82. The smallest absolute Gasteiger partial charge is 0.319 e. The third kappa shape index (κ3) is 2.52. The topological polar surface area (TPSA) is 22.0 Å². The molecule has 0 fully saturated rings. The molecule has 1 heterocycles. The fourth-order valence-electron chi connectivity index (χ4n) is 2.77. The Morgan fingerprint density at radius 3 is 2.50 bits per heavy atom. The van der Waals surface area contributed by atoms with Crippen molar-refractivity contribution in [3.8, 4) is 5.69 Å². The molecule has 0 unspecified atom stereocenters. The zero-order valence-electron chi connectivity index (χ0n) is 11.2. The molecule has 7 heteroatoms. The van der Waals surface area contributed by atoms with E-state index in [0.29, 0.717) is 12.8 Å². The van der Waals surface area contributed by atoms with Crippen LogP contribution >= 0.6 is 11.6 Å². The Bertz CT molecular complexity index is 743. The highest BCUT2D eigenvalue weighted by Gasteiger charge is 2.40. The molecule has 3 rings (SSSR count). The Kier molecular flexibility index (Phi) is 3.51. The van der Waals surface area contributed by atoms with E-state index in [2.05, 4.69) is 0 Å². The summed E-state index contributed by atoms with van der Waals surface area (Å²) in [5.41, 5.74) is -0.858. The highest BCUT2D eigenvalue weighted by molar-refractivity contribution is 6.30. The van der Waals surface area contributed by atoms with Gasteiger partial charge in [0, 0.05) is 29.0 Å². The van der Waals surface area contributed by atoms with Crippen LogP contribution in [0.15, 0.2) is 24.4 Å². The van der Waals surface area contributed by atoms with Gasteiger partial charge in [-0.05, 0) is 31.0 Å². The van der Waals surface area contributed by atoms with Crippen molar-refractivity contribution >= 4 is 17.4 Å². The van der Waals surface area contributed by atoms with Gasteiger partial charge in [-0.25, -0.2) is 4.39 Å². The van der Waals surface area contributed by atoms with Crippen LogP contribution in [0.4, 0.5) is 17.6 Å². The van der Waals surface area contributed by atoms with Crippen molar-refractivity contribution in [1.82, 2.24) is 4.57 Å². The summed E-state index contributed by atoms with van der Waals surface area (Å²) in [7, 11) is 0. The minimum Gasteiger partial charge on any atom is -0.319 e. The van der Waals surface area contributed by atoms with Crippen molar-refractivity contribution in [3.05, 3.63) is 52.1 Å². The van der Waals surface area contributed by atoms with Crippen LogP contribution in [0.2, 0.25) is 5.02 Å². The Balaban J connectivity index is 2.27. The number of aromatic nitrogens is 1. The van der Waals surface area contributed by atoms with Crippen LogP contribution in [0.5, 0.6) is 0 Å². The summed E-state index contributed by atoms with van der Waals surface area (Å²) in [4.78, 5) is 11.9. The first-order chi connectivity index (χ1) is 10.3. The number of carbonyl (C=O) groups is 1. The predicted octanol–water partition coefficient (Wildman–Crippen LogP) is 4.81. The van der Waals surface area contributed by atoms with Crippen molar-refractivity contribution in [1.29, 1.82) is 0 Å². The van der Waals surface area contributed by atoms with Crippen molar-refractivity contribution in [2.75, 3.05) is 0 Å². The summed E-state index contributed by atoms with van der Waals surface area (Å²) in [6, 6.07) is 3.52. The number of alkyl halides is 3. The first kappa shape index (κ1) is 15.1. The van der Waals surface area contributed by atoms with E-state index in [4.69, 9.17) is 11.6 Å². The number of fused-ring (bicyclic) bond motifs is 1. The van der Waals surface area contributed by atoms with Gasteiger partial charge in [-0.1, -0.05) is 11.6 Å². The van der Waals surface area contributed by atoms with E-state index in [0.717, 1.165) is 18.3 Å². The monoisotopic (exact) mass is 331 g/mol. The molecule has 1 aliphatic carbocycles. The Morgan fingerprint density at radius 2 is 1.86 bits per heavy atom. The van der Waals surface area contributed by atoms with Gasteiger partial charge in [0.15, 0.2) is 5.78 Å². The van der Waals surface area contributed by atoms with Crippen molar-refractivity contribution in [3.63, 3.8) is 0 Å². The van der Waals surface area contributed by atoms with E-state index in [1.54, 1.807) is 0 Å². The second-order valence-corrected chi connectivity index (χ2v) is 5.57. The van der Waals surface area contributed by atoms with Gasteiger partial charge in [0.25, 0.3) is 0 Å². The third-order valence-electron chi connectivity index (χ3n) is 3.63. The second kappa shape index (κ2) is 5.12. The van der Waals surface area contributed by atoms with Gasteiger partial charge in [0.05, 0.1) is 11.1 Å². The molecule has 2 aromatic rings. The number of Topliss-reactive ketones (excluding diaryl/α,β-unsaturated/α-hetero) is 1. The van der Waals surface area contributed by atoms with Crippen LogP contribution in [0.1, 0.15) is 34.5 Å². The van der Waals surface area contributed by atoms with Crippen molar-refractivity contribution in [2.45, 2.75) is 25.4 Å². The summed E-state index contributed by atoms with van der Waals surface area (Å²) >= 11 is 5.77. The molecule has 1 aromatic carbocycles. The van der Waals surface area contributed by atoms with Crippen molar-refractivity contribution < 1.29 is 22.4 Å². The van der Waals surface area contributed by atoms with Gasteiger partial charge >= 0.3 is 6.18 Å². The molecule has 0 bridgehead atoms. The molecule has 1 aliphatic rings. The molecule has 2 nitrogen and oxygen atoms in total. The number of hydrogen-bond acceptors (Lipinski definition) is 1. The lowest BCUT2D eigenvalue weighted by atomic mass is 9.93. The predicted molar refractivity (Wildman–Crippen MR) is 73.0 cm³/mol. The zero-order chi connectivity index (χ0) is 16.1. The van der Waals surface area contributed by atoms with Crippen LogP contribution < -0.4 is 0 Å².